The van der Waals surface area contributed by atoms with Crippen LogP contribution in [0.1, 0.15) is 23.6 Å². The molecule has 0 radical (unpaired) electrons. The van der Waals surface area contributed by atoms with Gasteiger partial charge in [-0.05, 0) is 38.5 Å². The quantitative estimate of drug-likeness (QED) is 0.895. The molecule has 3 nitrogen and oxygen atoms in total. The normalized spacial score (nSPS) is 10.4. The van der Waals surface area contributed by atoms with Crippen molar-refractivity contribution in [1.82, 2.24) is 4.98 Å². The molecule has 0 bridgehead atoms. The largest absolute Gasteiger partial charge is 0.370 e. The lowest BCUT2D eigenvalue weighted by atomic mass is 10.1. The lowest BCUT2D eigenvalue weighted by Gasteiger charge is -2.23. The van der Waals surface area contributed by atoms with E-state index in [-0.39, 0.29) is 0 Å². The lowest BCUT2D eigenvalue weighted by molar-refractivity contribution is 0.908. The van der Waals surface area contributed by atoms with E-state index in [1.54, 1.807) is 0 Å². The van der Waals surface area contributed by atoms with Gasteiger partial charge in [0.1, 0.15) is 5.82 Å². The Hall–Kier alpha value is -2.03. The molecule has 0 fully saturated rings. The van der Waals surface area contributed by atoms with Gasteiger partial charge in [0.05, 0.1) is 0 Å². The summed E-state index contributed by atoms with van der Waals surface area (Å²) in [6.07, 6.45) is 1.83. The van der Waals surface area contributed by atoms with Crippen molar-refractivity contribution in [2.45, 2.75) is 27.3 Å². The standard InChI is InChI=1S/C17H23N3/c1-5-18-17-15(7-6-10-19-17)12-20(4)16-9-8-13(2)11-14(16)3/h6-11H,5,12H2,1-4H3,(H,18,19). The first-order valence-corrected chi connectivity index (χ1v) is 7.08. The number of benzene rings is 1. The summed E-state index contributed by atoms with van der Waals surface area (Å²) in [6.45, 7) is 8.11. The number of anilines is 2. The molecule has 3 heteroatoms. The molecule has 1 aromatic carbocycles. The van der Waals surface area contributed by atoms with Crippen LogP contribution in [0.4, 0.5) is 11.5 Å². The minimum atomic E-state index is 0.847. The predicted molar refractivity (Wildman–Crippen MR) is 86.4 cm³/mol. The number of aryl methyl sites for hydroxylation is 2. The smallest absolute Gasteiger partial charge is 0.130 e. The van der Waals surface area contributed by atoms with Gasteiger partial charge in [0, 0.05) is 37.6 Å². The van der Waals surface area contributed by atoms with Crippen molar-refractivity contribution < 1.29 is 0 Å². The zero-order valence-electron chi connectivity index (χ0n) is 12.8. The highest BCUT2D eigenvalue weighted by atomic mass is 15.1. The van der Waals surface area contributed by atoms with Gasteiger partial charge < -0.3 is 10.2 Å². The van der Waals surface area contributed by atoms with Crippen LogP contribution in [0.3, 0.4) is 0 Å². The predicted octanol–water partition coefficient (Wildman–Crippen LogP) is 3.77. The Morgan fingerprint density at radius 1 is 1.20 bits per heavy atom. The van der Waals surface area contributed by atoms with Gasteiger partial charge in [-0.25, -0.2) is 4.98 Å². The summed E-state index contributed by atoms with van der Waals surface area (Å²) in [4.78, 5) is 6.68. The maximum Gasteiger partial charge on any atom is 0.130 e. The van der Waals surface area contributed by atoms with Crippen molar-refractivity contribution in [3.05, 3.63) is 53.2 Å². The van der Waals surface area contributed by atoms with Gasteiger partial charge in [0.25, 0.3) is 0 Å². The second kappa shape index (κ2) is 6.42. The summed E-state index contributed by atoms with van der Waals surface area (Å²) in [7, 11) is 2.13. The third-order valence-electron chi connectivity index (χ3n) is 3.41. The van der Waals surface area contributed by atoms with E-state index >= 15 is 0 Å². The number of nitrogens with one attached hydrogen (secondary N) is 1. The molecule has 2 aromatic rings. The van der Waals surface area contributed by atoms with E-state index in [0.29, 0.717) is 0 Å². The molecule has 0 saturated carbocycles. The summed E-state index contributed by atoms with van der Waals surface area (Å²) in [5.74, 6) is 0.978. The molecule has 1 heterocycles. The summed E-state index contributed by atoms with van der Waals surface area (Å²) in [5.41, 5.74) is 5.09. The number of hydrogen-bond acceptors (Lipinski definition) is 3. The molecule has 20 heavy (non-hydrogen) atoms. The fraction of sp³-hybridized carbons (Fsp3) is 0.353. The van der Waals surface area contributed by atoms with Gasteiger partial charge in [-0.1, -0.05) is 23.8 Å². The molecule has 0 amide bonds. The fourth-order valence-corrected chi connectivity index (χ4v) is 2.47. The molecule has 0 saturated heterocycles. The number of pyridine rings is 1. The Balaban J connectivity index is 2.21. The maximum atomic E-state index is 4.41. The van der Waals surface area contributed by atoms with E-state index in [9.17, 15) is 0 Å². The molecule has 2 rings (SSSR count). The Morgan fingerprint density at radius 2 is 2.00 bits per heavy atom. The zero-order valence-corrected chi connectivity index (χ0v) is 12.8. The number of rotatable bonds is 5. The van der Waals surface area contributed by atoms with E-state index in [2.05, 4.69) is 67.3 Å². The van der Waals surface area contributed by atoms with Gasteiger partial charge in [-0.2, -0.15) is 0 Å². The molecular weight excluding hydrogens is 246 g/mol. The number of hydrogen-bond donors (Lipinski definition) is 1. The Labute approximate surface area is 121 Å². The van der Waals surface area contributed by atoms with Crippen molar-refractivity contribution in [2.75, 3.05) is 23.8 Å². The molecule has 0 spiro atoms. The van der Waals surface area contributed by atoms with Crippen LogP contribution in [-0.2, 0) is 6.54 Å². The zero-order chi connectivity index (χ0) is 14.5. The highest BCUT2D eigenvalue weighted by molar-refractivity contribution is 5.55. The molecule has 0 aliphatic heterocycles. The summed E-state index contributed by atoms with van der Waals surface area (Å²) < 4.78 is 0. The maximum absolute atomic E-state index is 4.41. The highest BCUT2D eigenvalue weighted by Gasteiger charge is 2.08. The van der Waals surface area contributed by atoms with Crippen LogP contribution in [0.2, 0.25) is 0 Å². The van der Waals surface area contributed by atoms with Gasteiger partial charge in [0.15, 0.2) is 0 Å². The van der Waals surface area contributed by atoms with E-state index < -0.39 is 0 Å². The fourth-order valence-electron chi connectivity index (χ4n) is 2.47. The number of nitrogens with zero attached hydrogens (tertiary/aromatic N) is 2. The van der Waals surface area contributed by atoms with Crippen molar-refractivity contribution >= 4 is 11.5 Å². The molecule has 0 aliphatic carbocycles. The van der Waals surface area contributed by atoms with E-state index in [1.165, 1.54) is 22.4 Å². The average Bonchev–Trinajstić information content (AvgIpc) is 2.41. The van der Waals surface area contributed by atoms with Crippen LogP contribution in [0, 0.1) is 13.8 Å². The second-order valence-electron chi connectivity index (χ2n) is 5.19. The molecule has 0 aliphatic rings. The molecule has 1 aromatic heterocycles. The van der Waals surface area contributed by atoms with Crippen LogP contribution >= 0.6 is 0 Å². The summed E-state index contributed by atoms with van der Waals surface area (Å²) in [6, 6.07) is 10.7. The first-order valence-electron chi connectivity index (χ1n) is 7.08. The van der Waals surface area contributed by atoms with Crippen LogP contribution in [-0.4, -0.2) is 18.6 Å². The van der Waals surface area contributed by atoms with E-state index in [0.717, 1.165) is 18.9 Å². The van der Waals surface area contributed by atoms with E-state index in [4.69, 9.17) is 0 Å². The summed E-state index contributed by atoms with van der Waals surface area (Å²) >= 11 is 0. The SMILES string of the molecule is CCNc1ncccc1CN(C)c1ccc(C)cc1C. The monoisotopic (exact) mass is 269 g/mol. The third-order valence-corrected chi connectivity index (χ3v) is 3.41. The van der Waals surface area contributed by atoms with Gasteiger partial charge in [-0.3, -0.25) is 0 Å². The van der Waals surface area contributed by atoms with Crippen LogP contribution in [0.15, 0.2) is 36.5 Å². The Bertz CT molecular complexity index is 578. The highest BCUT2D eigenvalue weighted by Crippen LogP contribution is 2.23. The van der Waals surface area contributed by atoms with Gasteiger partial charge in [-0.15, -0.1) is 0 Å². The first-order chi connectivity index (χ1) is 9.61. The topological polar surface area (TPSA) is 28.2 Å². The lowest BCUT2D eigenvalue weighted by Crippen LogP contribution is -2.19. The van der Waals surface area contributed by atoms with Crippen molar-refractivity contribution in [1.29, 1.82) is 0 Å². The molecule has 0 unspecified atom stereocenters. The van der Waals surface area contributed by atoms with Crippen molar-refractivity contribution in [3.8, 4) is 0 Å². The Morgan fingerprint density at radius 3 is 2.70 bits per heavy atom. The van der Waals surface area contributed by atoms with Gasteiger partial charge >= 0.3 is 0 Å². The van der Waals surface area contributed by atoms with Crippen LogP contribution in [0.5, 0.6) is 0 Å². The molecular formula is C17H23N3. The molecule has 106 valence electrons. The van der Waals surface area contributed by atoms with Crippen molar-refractivity contribution in [2.24, 2.45) is 0 Å². The van der Waals surface area contributed by atoms with E-state index in [1.807, 2.05) is 12.3 Å². The molecule has 1 N–H and O–H groups in total. The second-order valence-corrected chi connectivity index (χ2v) is 5.19. The summed E-state index contributed by atoms with van der Waals surface area (Å²) in [5, 5.41) is 3.32. The minimum absolute atomic E-state index is 0.847. The molecule has 0 atom stereocenters. The van der Waals surface area contributed by atoms with Crippen LogP contribution in [0.25, 0.3) is 0 Å². The third kappa shape index (κ3) is 3.29. The Kier molecular flexibility index (Phi) is 4.61. The van der Waals surface area contributed by atoms with Crippen LogP contribution < -0.4 is 10.2 Å². The average molecular weight is 269 g/mol. The van der Waals surface area contributed by atoms with Gasteiger partial charge in [0.2, 0.25) is 0 Å². The first kappa shape index (κ1) is 14.4. The minimum Gasteiger partial charge on any atom is -0.370 e. The number of aromatic nitrogens is 1. The van der Waals surface area contributed by atoms with Crippen molar-refractivity contribution in [3.63, 3.8) is 0 Å².